The molecule has 5 heteroatoms. The van der Waals surface area contributed by atoms with Crippen LogP contribution < -0.4 is 0 Å². The number of phenolic OH excluding ortho intramolecular Hbond substituents is 2. The minimum Gasteiger partial charge on any atom is -0.508 e. The summed E-state index contributed by atoms with van der Waals surface area (Å²) in [6.45, 7) is 7.19. The van der Waals surface area contributed by atoms with Gasteiger partial charge in [-0.25, -0.2) is 0 Å². The number of rotatable bonds is 4. The number of benzene rings is 1. The lowest BCUT2D eigenvalue weighted by atomic mass is 10.1. The van der Waals surface area contributed by atoms with Gasteiger partial charge in [-0.05, 0) is 18.7 Å². The number of Topliss-reactive ketones (excluding diaryl/α,β-unsaturated/α-hetero) is 1. The van der Waals surface area contributed by atoms with Gasteiger partial charge in [-0.1, -0.05) is 6.92 Å². The molecule has 1 heterocycles. The maximum atomic E-state index is 12.1. The van der Waals surface area contributed by atoms with Gasteiger partial charge in [0.2, 0.25) is 0 Å². The van der Waals surface area contributed by atoms with Gasteiger partial charge >= 0.3 is 0 Å². The van der Waals surface area contributed by atoms with E-state index in [1.54, 1.807) is 0 Å². The molecule has 1 aromatic carbocycles. The van der Waals surface area contributed by atoms with E-state index in [1.165, 1.54) is 18.2 Å². The zero-order chi connectivity index (χ0) is 13.8. The molecule has 0 bridgehead atoms. The van der Waals surface area contributed by atoms with E-state index in [4.69, 9.17) is 0 Å². The maximum absolute atomic E-state index is 12.1. The van der Waals surface area contributed by atoms with Gasteiger partial charge in [0.15, 0.2) is 5.78 Å². The molecule has 0 unspecified atom stereocenters. The van der Waals surface area contributed by atoms with Crippen LogP contribution in [0, 0.1) is 0 Å². The van der Waals surface area contributed by atoms with Gasteiger partial charge in [0.1, 0.15) is 11.5 Å². The van der Waals surface area contributed by atoms with Crippen molar-refractivity contribution in [1.82, 2.24) is 9.80 Å². The molecule has 0 aromatic heterocycles. The fraction of sp³-hybridized carbons (Fsp3) is 0.500. The summed E-state index contributed by atoms with van der Waals surface area (Å²) in [6.07, 6.45) is 0. The van der Waals surface area contributed by atoms with Crippen LogP contribution in [0.4, 0.5) is 0 Å². The number of nitrogens with zero attached hydrogens (tertiary/aromatic N) is 2. The Morgan fingerprint density at radius 1 is 1.16 bits per heavy atom. The highest BCUT2D eigenvalue weighted by molar-refractivity contribution is 6.00. The Hall–Kier alpha value is -1.59. The second-order valence-corrected chi connectivity index (χ2v) is 4.84. The number of carbonyl (C=O) groups is 1. The fourth-order valence-corrected chi connectivity index (χ4v) is 2.31. The summed E-state index contributed by atoms with van der Waals surface area (Å²) >= 11 is 0. The Balaban J connectivity index is 1.94. The first-order valence-corrected chi connectivity index (χ1v) is 6.60. The van der Waals surface area contributed by atoms with Crippen LogP contribution in [-0.2, 0) is 0 Å². The molecule has 104 valence electrons. The Labute approximate surface area is 113 Å². The molecule has 1 fully saturated rings. The first-order chi connectivity index (χ1) is 9.10. The lowest BCUT2D eigenvalue weighted by Crippen LogP contribution is -2.47. The molecule has 1 aromatic rings. The minimum absolute atomic E-state index is 0.0365. The van der Waals surface area contributed by atoms with Gasteiger partial charge in [-0.3, -0.25) is 9.69 Å². The summed E-state index contributed by atoms with van der Waals surface area (Å²) in [6, 6.07) is 4.08. The van der Waals surface area contributed by atoms with Crippen LogP contribution in [0.3, 0.4) is 0 Å². The first-order valence-electron chi connectivity index (χ1n) is 6.60. The van der Waals surface area contributed by atoms with E-state index in [2.05, 4.69) is 16.7 Å². The fourth-order valence-electron chi connectivity index (χ4n) is 2.31. The van der Waals surface area contributed by atoms with Crippen molar-refractivity contribution in [3.8, 4) is 11.5 Å². The summed E-state index contributed by atoms with van der Waals surface area (Å²) < 4.78 is 0. The molecule has 2 rings (SSSR count). The highest BCUT2D eigenvalue weighted by atomic mass is 16.3. The number of hydrogen-bond donors (Lipinski definition) is 2. The van der Waals surface area contributed by atoms with Crippen LogP contribution in [0.25, 0.3) is 0 Å². The Kier molecular flexibility index (Phi) is 4.39. The van der Waals surface area contributed by atoms with Crippen molar-refractivity contribution < 1.29 is 15.0 Å². The summed E-state index contributed by atoms with van der Waals surface area (Å²) in [5.41, 5.74) is 0.274. The number of piperazine rings is 1. The van der Waals surface area contributed by atoms with Crippen LogP contribution in [-0.4, -0.2) is 65.1 Å². The average Bonchev–Trinajstić information content (AvgIpc) is 2.39. The van der Waals surface area contributed by atoms with Gasteiger partial charge in [0.05, 0.1) is 12.1 Å². The van der Waals surface area contributed by atoms with Gasteiger partial charge in [0, 0.05) is 32.2 Å². The van der Waals surface area contributed by atoms with Crippen LogP contribution in [0.2, 0.25) is 0 Å². The second kappa shape index (κ2) is 6.04. The van der Waals surface area contributed by atoms with E-state index in [0.717, 1.165) is 32.7 Å². The smallest absolute Gasteiger partial charge is 0.180 e. The number of likely N-dealkylation sites (N-methyl/N-ethyl adjacent to an activating group) is 1. The molecule has 2 N–H and O–H groups in total. The topological polar surface area (TPSA) is 64.0 Å². The van der Waals surface area contributed by atoms with Crippen molar-refractivity contribution in [2.75, 3.05) is 39.3 Å². The minimum atomic E-state index is -0.155. The molecule has 0 spiro atoms. The standard InChI is InChI=1S/C14H20N2O3/c1-2-15-5-7-16(8-6-15)10-14(19)12-4-3-11(17)9-13(12)18/h3-4,9,17-18H,2,5-8,10H2,1H3. The number of carbonyl (C=O) groups excluding carboxylic acids is 1. The van der Waals surface area contributed by atoms with Crippen molar-refractivity contribution in [2.45, 2.75) is 6.92 Å². The SMILES string of the molecule is CCN1CCN(CC(=O)c2ccc(O)cc2O)CC1. The van der Waals surface area contributed by atoms with Crippen molar-refractivity contribution in [3.63, 3.8) is 0 Å². The summed E-state index contributed by atoms with van der Waals surface area (Å²) in [4.78, 5) is 16.5. The third-order valence-electron chi connectivity index (χ3n) is 3.56. The van der Waals surface area contributed by atoms with Crippen molar-refractivity contribution >= 4 is 5.78 Å². The molecule has 5 nitrogen and oxygen atoms in total. The van der Waals surface area contributed by atoms with Gasteiger partial charge in [-0.15, -0.1) is 0 Å². The monoisotopic (exact) mass is 264 g/mol. The van der Waals surface area contributed by atoms with Crippen LogP contribution in [0.15, 0.2) is 18.2 Å². The molecule has 0 atom stereocenters. The lowest BCUT2D eigenvalue weighted by molar-refractivity contribution is 0.0856. The van der Waals surface area contributed by atoms with Crippen molar-refractivity contribution in [2.24, 2.45) is 0 Å². The molecule has 1 aliphatic heterocycles. The predicted molar refractivity (Wildman–Crippen MR) is 72.7 cm³/mol. The predicted octanol–water partition coefficient (Wildman–Crippen LogP) is 0.918. The van der Waals surface area contributed by atoms with E-state index in [0.29, 0.717) is 6.54 Å². The van der Waals surface area contributed by atoms with E-state index in [1.807, 2.05) is 0 Å². The number of hydrogen-bond acceptors (Lipinski definition) is 5. The van der Waals surface area contributed by atoms with Crippen LogP contribution >= 0.6 is 0 Å². The third kappa shape index (κ3) is 3.45. The van der Waals surface area contributed by atoms with Crippen molar-refractivity contribution in [1.29, 1.82) is 0 Å². The molecule has 0 amide bonds. The Morgan fingerprint density at radius 2 is 1.79 bits per heavy atom. The average molecular weight is 264 g/mol. The summed E-state index contributed by atoms with van der Waals surface area (Å²) in [5.74, 6) is -0.301. The number of ketones is 1. The van der Waals surface area contributed by atoms with E-state index in [-0.39, 0.29) is 22.8 Å². The quantitative estimate of drug-likeness (QED) is 0.792. The molecular formula is C14H20N2O3. The lowest BCUT2D eigenvalue weighted by Gasteiger charge is -2.33. The van der Waals surface area contributed by atoms with Crippen LogP contribution in [0.1, 0.15) is 17.3 Å². The maximum Gasteiger partial charge on any atom is 0.180 e. The Morgan fingerprint density at radius 3 is 2.37 bits per heavy atom. The van der Waals surface area contributed by atoms with Crippen molar-refractivity contribution in [3.05, 3.63) is 23.8 Å². The zero-order valence-corrected chi connectivity index (χ0v) is 11.2. The Bertz CT molecular complexity index is 454. The molecular weight excluding hydrogens is 244 g/mol. The van der Waals surface area contributed by atoms with Gasteiger partial charge in [0.25, 0.3) is 0 Å². The first kappa shape index (κ1) is 13.8. The number of phenols is 2. The molecule has 0 aliphatic carbocycles. The van der Waals surface area contributed by atoms with E-state index in [9.17, 15) is 15.0 Å². The van der Waals surface area contributed by atoms with Gasteiger partial charge < -0.3 is 15.1 Å². The molecule has 19 heavy (non-hydrogen) atoms. The van der Waals surface area contributed by atoms with E-state index >= 15 is 0 Å². The number of aromatic hydroxyl groups is 2. The summed E-state index contributed by atoms with van der Waals surface area (Å²) in [7, 11) is 0. The molecule has 1 aliphatic rings. The van der Waals surface area contributed by atoms with Crippen LogP contribution in [0.5, 0.6) is 11.5 Å². The highest BCUT2D eigenvalue weighted by Crippen LogP contribution is 2.23. The van der Waals surface area contributed by atoms with Gasteiger partial charge in [-0.2, -0.15) is 0 Å². The largest absolute Gasteiger partial charge is 0.508 e. The zero-order valence-electron chi connectivity index (χ0n) is 11.2. The third-order valence-corrected chi connectivity index (χ3v) is 3.56. The molecule has 0 saturated carbocycles. The normalized spacial score (nSPS) is 17.5. The highest BCUT2D eigenvalue weighted by Gasteiger charge is 2.20. The molecule has 1 saturated heterocycles. The molecule has 0 radical (unpaired) electrons. The second-order valence-electron chi connectivity index (χ2n) is 4.84. The van der Waals surface area contributed by atoms with E-state index < -0.39 is 0 Å². The summed E-state index contributed by atoms with van der Waals surface area (Å²) in [5, 5.41) is 18.9.